The average molecular weight is 379 g/mol. The highest BCUT2D eigenvalue weighted by atomic mass is 31.2. The molecule has 10 nitrogen and oxygen atoms in total. The van der Waals surface area contributed by atoms with Crippen LogP contribution in [-0.4, -0.2) is 61.6 Å². The van der Waals surface area contributed by atoms with Gasteiger partial charge in [-0.3, -0.25) is 20.5 Å². The molecule has 2 unspecified atom stereocenters. The maximum atomic E-state index is 12.5. The quantitative estimate of drug-likeness (QED) is 0.514. The Morgan fingerprint density at radius 3 is 2.85 bits per heavy atom. The molecule has 0 bridgehead atoms. The van der Waals surface area contributed by atoms with Gasteiger partial charge in [-0.05, 0) is 12.1 Å². The molecule has 26 heavy (non-hydrogen) atoms. The number of carbonyl (C=O) groups excluding carboxylic acids is 1. The minimum absolute atomic E-state index is 0.179. The Morgan fingerprint density at radius 2 is 2.12 bits per heavy atom. The van der Waals surface area contributed by atoms with E-state index in [1.54, 1.807) is 29.2 Å². The van der Waals surface area contributed by atoms with Crippen LogP contribution in [0.15, 0.2) is 40.3 Å². The van der Waals surface area contributed by atoms with E-state index in [0.717, 1.165) is 0 Å². The molecule has 0 saturated heterocycles. The number of para-hydroxylation sites is 1. The third-order valence-electron chi connectivity index (χ3n) is 3.60. The van der Waals surface area contributed by atoms with Crippen LogP contribution in [-0.2, 0) is 18.6 Å². The number of ether oxygens (including phenoxy) is 1. The summed E-state index contributed by atoms with van der Waals surface area (Å²) in [5.41, 5.74) is 0. The van der Waals surface area contributed by atoms with Crippen LogP contribution in [0.25, 0.3) is 0 Å². The molecule has 0 fully saturated rings. The van der Waals surface area contributed by atoms with Crippen LogP contribution in [0.2, 0.25) is 0 Å². The van der Waals surface area contributed by atoms with Crippen molar-refractivity contribution in [1.82, 2.24) is 10.2 Å². The number of rotatable bonds is 8. The van der Waals surface area contributed by atoms with E-state index in [9.17, 15) is 9.36 Å². The van der Waals surface area contributed by atoms with Gasteiger partial charge in [0, 0.05) is 13.7 Å². The Balaban J connectivity index is 1.50. The smallest absolute Gasteiger partial charge is 0.404 e. The predicted octanol–water partition coefficient (Wildman–Crippen LogP) is 1.05. The molecule has 0 saturated carbocycles. The summed E-state index contributed by atoms with van der Waals surface area (Å²) in [7, 11) is -2.14. The standard InChI is InChI=1S/C15H18N5O5P/c1-23-26(22,25-11-5-3-2-4-6-11)10-24-8-7-20-9-17-12-13(20)18-15(16)19-14(12)21/h2-6,9,12H,7-8,10H2,1H3,(H2,16,19,21). The van der Waals surface area contributed by atoms with Gasteiger partial charge in [0.25, 0.3) is 5.91 Å². The summed E-state index contributed by atoms with van der Waals surface area (Å²) in [5.74, 6) is 0.187. The van der Waals surface area contributed by atoms with Gasteiger partial charge in [-0.15, -0.1) is 0 Å². The van der Waals surface area contributed by atoms with E-state index in [0.29, 0.717) is 18.1 Å². The van der Waals surface area contributed by atoms with Crippen molar-refractivity contribution in [3.63, 3.8) is 0 Å². The molecule has 0 aromatic heterocycles. The fourth-order valence-corrected chi connectivity index (χ4v) is 3.37. The van der Waals surface area contributed by atoms with Crippen LogP contribution in [0.4, 0.5) is 0 Å². The van der Waals surface area contributed by atoms with Crippen molar-refractivity contribution in [3.8, 4) is 5.75 Å². The van der Waals surface area contributed by atoms with E-state index >= 15 is 0 Å². The molecular weight excluding hydrogens is 361 g/mol. The minimum atomic E-state index is -3.43. The molecule has 2 aliphatic rings. The van der Waals surface area contributed by atoms with Gasteiger partial charge in [0.05, 0.1) is 12.9 Å². The molecule has 0 spiro atoms. The number of amides is 1. The fraction of sp³-hybridized carbons (Fsp3) is 0.333. The van der Waals surface area contributed by atoms with Crippen molar-refractivity contribution in [2.75, 3.05) is 26.6 Å². The number of guanidine groups is 1. The van der Waals surface area contributed by atoms with Crippen molar-refractivity contribution >= 4 is 31.6 Å². The Labute approximate surface area is 149 Å². The highest BCUT2D eigenvalue weighted by molar-refractivity contribution is 7.54. The summed E-state index contributed by atoms with van der Waals surface area (Å²) >= 11 is 0. The second kappa shape index (κ2) is 7.77. The first-order chi connectivity index (χ1) is 12.5. The first-order valence-electron chi connectivity index (χ1n) is 7.76. The first-order valence-corrected chi connectivity index (χ1v) is 9.49. The molecule has 1 aromatic rings. The van der Waals surface area contributed by atoms with Gasteiger partial charge < -0.3 is 18.7 Å². The average Bonchev–Trinajstić information content (AvgIpc) is 3.03. The Bertz CT molecular complexity index is 797. The van der Waals surface area contributed by atoms with Crippen molar-refractivity contribution < 1.29 is 23.1 Å². The number of nitrogens with zero attached hydrogens (tertiary/aromatic N) is 3. The van der Waals surface area contributed by atoms with Crippen molar-refractivity contribution in [3.05, 3.63) is 30.3 Å². The van der Waals surface area contributed by atoms with Gasteiger partial charge in [0.15, 0.2) is 12.4 Å². The lowest BCUT2D eigenvalue weighted by atomic mass is 10.2. The number of amidine groups is 1. The van der Waals surface area contributed by atoms with Crippen molar-refractivity contribution in [2.45, 2.75) is 6.04 Å². The van der Waals surface area contributed by atoms with E-state index < -0.39 is 13.6 Å². The molecule has 2 heterocycles. The second-order valence-corrected chi connectivity index (χ2v) is 7.43. The second-order valence-electron chi connectivity index (χ2n) is 5.40. The predicted molar refractivity (Wildman–Crippen MR) is 94.8 cm³/mol. The van der Waals surface area contributed by atoms with E-state index in [4.69, 9.17) is 19.2 Å². The van der Waals surface area contributed by atoms with Gasteiger partial charge in [0.2, 0.25) is 5.96 Å². The molecule has 1 amide bonds. The molecule has 11 heteroatoms. The third kappa shape index (κ3) is 4.16. The molecule has 0 aliphatic carbocycles. The van der Waals surface area contributed by atoms with Crippen LogP contribution in [0.1, 0.15) is 0 Å². The number of fused-ring (bicyclic) bond motifs is 1. The zero-order chi connectivity index (χ0) is 18.6. The molecular formula is C15H18N5O5P. The molecule has 2 N–H and O–H groups in total. The molecule has 0 radical (unpaired) electrons. The number of nitrogens with one attached hydrogen (secondary N) is 2. The molecule has 2 aliphatic heterocycles. The SMILES string of the molecule is COP(=O)(COCCN1C=NC2C(=O)NC(=N)N=C21)Oc1ccccc1. The minimum Gasteiger partial charge on any atom is -0.423 e. The van der Waals surface area contributed by atoms with Crippen molar-refractivity contribution in [2.24, 2.45) is 9.98 Å². The van der Waals surface area contributed by atoms with E-state index in [-0.39, 0.29) is 24.8 Å². The summed E-state index contributed by atoms with van der Waals surface area (Å²) in [6.07, 6.45) is 1.25. The number of benzene rings is 1. The van der Waals surface area contributed by atoms with Gasteiger partial charge >= 0.3 is 7.60 Å². The summed E-state index contributed by atoms with van der Waals surface area (Å²) in [5, 5.41) is 9.79. The maximum Gasteiger partial charge on any atom is 0.404 e. The highest BCUT2D eigenvalue weighted by Gasteiger charge is 2.36. The summed E-state index contributed by atoms with van der Waals surface area (Å²) in [4.78, 5) is 21.4. The maximum absolute atomic E-state index is 12.5. The number of hydrogen-bond donors (Lipinski definition) is 2. The van der Waals surface area contributed by atoms with Crippen molar-refractivity contribution in [1.29, 1.82) is 5.41 Å². The monoisotopic (exact) mass is 379 g/mol. The van der Waals surface area contributed by atoms with E-state index in [1.165, 1.54) is 13.4 Å². The summed E-state index contributed by atoms with van der Waals surface area (Å²) in [6, 6.07) is 7.95. The topological polar surface area (TPSA) is 126 Å². The number of carbonyl (C=O) groups is 1. The summed E-state index contributed by atoms with van der Waals surface area (Å²) in [6.45, 7) is 0.507. The molecule has 2 atom stereocenters. The molecule has 138 valence electrons. The third-order valence-corrected chi connectivity index (χ3v) is 5.15. The van der Waals surface area contributed by atoms with E-state index in [2.05, 4.69) is 15.3 Å². The lowest BCUT2D eigenvalue weighted by molar-refractivity contribution is -0.119. The Kier molecular flexibility index (Phi) is 5.46. The Hall–Kier alpha value is -2.55. The first kappa shape index (κ1) is 18.2. The van der Waals surface area contributed by atoms with Crippen LogP contribution in [0.3, 0.4) is 0 Å². The highest BCUT2D eigenvalue weighted by Crippen LogP contribution is 2.47. The normalized spacial score (nSPS) is 21.0. The lowest BCUT2D eigenvalue weighted by Gasteiger charge is -2.22. The van der Waals surface area contributed by atoms with Gasteiger partial charge in [-0.2, -0.15) is 4.99 Å². The van der Waals surface area contributed by atoms with Crippen LogP contribution < -0.4 is 9.84 Å². The lowest BCUT2D eigenvalue weighted by Crippen LogP contribution is -2.49. The number of aliphatic imine (C=N–C) groups is 2. The van der Waals surface area contributed by atoms with Gasteiger partial charge in [0.1, 0.15) is 11.6 Å². The molecule has 3 rings (SSSR count). The zero-order valence-corrected chi connectivity index (χ0v) is 14.9. The zero-order valence-electron chi connectivity index (χ0n) is 14.0. The number of hydrogen-bond acceptors (Lipinski definition) is 8. The Morgan fingerprint density at radius 1 is 1.35 bits per heavy atom. The van der Waals surface area contributed by atoms with Crippen LogP contribution >= 0.6 is 7.60 Å². The van der Waals surface area contributed by atoms with Gasteiger partial charge in [-0.1, -0.05) is 18.2 Å². The fourth-order valence-electron chi connectivity index (χ4n) is 2.34. The molecule has 1 aromatic carbocycles. The van der Waals surface area contributed by atoms with Crippen LogP contribution in [0.5, 0.6) is 5.75 Å². The van der Waals surface area contributed by atoms with E-state index in [1.807, 2.05) is 6.07 Å². The van der Waals surface area contributed by atoms with Gasteiger partial charge in [-0.25, -0.2) is 4.57 Å². The van der Waals surface area contributed by atoms with Crippen LogP contribution in [0, 0.1) is 5.41 Å². The largest absolute Gasteiger partial charge is 0.423 e. The summed E-state index contributed by atoms with van der Waals surface area (Å²) < 4.78 is 28.4.